The number of hydrogen-bond donors (Lipinski definition) is 7. The van der Waals surface area contributed by atoms with Gasteiger partial charge in [0, 0.05) is 0 Å². The lowest BCUT2D eigenvalue weighted by Crippen LogP contribution is -2.55. The first-order chi connectivity index (χ1) is 12.6. The van der Waals surface area contributed by atoms with Gasteiger partial charge in [0.15, 0.2) is 0 Å². The second-order valence-electron chi connectivity index (χ2n) is 5.96. The van der Waals surface area contributed by atoms with Crippen LogP contribution in [0.1, 0.15) is 32.6 Å². The van der Waals surface area contributed by atoms with E-state index in [0.717, 1.165) is 0 Å². The molecule has 3 unspecified atom stereocenters. The van der Waals surface area contributed by atoms with Crippen LogP contribution in [0.3, 0.4) is 0 Å². The molecule has 10 N–H and O–H groups in total. The molecule has 0 bridgehead atoms. The minimum atomic E-state index is -1.22. The first kappa shape index (κ1) is 24.3. The summed E-state index contributed by atoms with van der Waals surface area (Å²) in [6, 6.07) is -3.23. The van der Waals surface area contributed by atoms with Gasteiger partial charge in [-0.05, 0) is 32.7 Å². The van der Waals surface area contributed by atoms with Crippen molar-refractivity contribution >= 4 is 29.6 Å². The molecule has 12 nitrogen and oxygen atoms in total. The smallest absolute Gasteiger partial charge is 0.322 e. The molecule has 27 heavy (non-hydrogen) atoms. The summed E-state index contributed by atoms with van der Waals surface area (Å²) in [6.45, 7) is 1.18. The quantitative estimate of drug-likeness (QED) is 0.156. The highest BCUT2D eigenvalue weighted by atomic mass is 16.4. The van der Waals surface area contributed by atoms with Crippen molar-refractivity contribution in [2.75, 3.05) is 13.1 Å². The van der Waals surface area contributed by atoms with Crippen LogP contribution in [0, 0.1) is 0 Å². The number of nitrogens with one attached hydrogen (secondary N) is 3. The highest BCUT2D eigenvalue weighted by Crippen LogP contribution is 2.03. The molecule has 3 atom stereocenters. The first-order valence-corrected chi connectivity index (χ1v) is 8.42. The molecule has 0 aromatic rings. The molecule has 0 radical (unpaired) electrons. The molecule has 4 amide bonds. The van der Waals surface area contributed by atoms with E-state index in [9.17, 15) is 24.0 Å². The topological polar surface area (TPSA) is 220 Å². The van der Waals surface area contributed by atoms with Gasteiger partial charge in [-0.3, -0.25) is 24.0 Å². The zero-order chi connectivity index (χ0) is 21.0. The van der Waals surface area contributed by atoms with Crippen LogP contribution in [0.25, 0.3) is 0 Å². The minimum absolute atomic E-state index is 0.238. The van der Waals surface area contributed by atoms with Crippen molar-refractivity contribution in [1.29, 1.82) is 0 Å². The minimum Gasteiger partial charge on any atom is -0.480 e. The van der Waals surface area contributed by atoms with Gasteiger partial charge in [-0.1, -0.05) is 0 Å². The molecule has 154 valence electrons. The summed E-state index contributed by atoms with van der Waals surface area (Å²) in [4.78, 5) is 57.5. The number of carbonyl (C=O) groups is 5. The summed E-state index contributed by atoms with van der Waals surface area (Å²) in [5, 5.41) is 15.5. The zero-order valence-electron chi connectivity index (χ0n) is 15.2. The van der Waals surface area contributed by atoms with E-state index in [0.29, 0.717) is 19.4 Å². The molecule has 0 aliphatic heterocycles. The summed E-state index contributed by atoms with van der Waals surface area (Å²) >= 11 is 0. The highest BCUT2D eigenvalue weighted by molar-refractivity contribution is 5.94. The lowest BCUT2D eigenvalue weighted by Gasteiger charge is -2.22. The van der Waals surface area contributed by atoms with Crippen LogP contribution in [0.2, 0.25) is 0 Å². The van der Waals surface area contributed by atoms with E-state index in [-0.39, 0.29) is 12.8 Å². The molecule has 0 heterocycles. The number of amides is 4. The number of hydrogen-bond acceptors (Lipinski definition) is 7. The molecule has 0 aromatic carbocycles. The van der Waals surface area contributed by atoms with Gasteiger partial charge in [0.05, 0.1) is 12.5 Å². The van der Waals surface area contributed by atoms with Crippen molar-refractivity contribution in [3.63, 3.8) is 0 Å². The molecule has 0 fully saturated rings. The normalized spacial score (nSPS) is 13.7. The molecule has 0 aromatic heterocycles. The number of primary amides is 1. The third kappa shape index (κ3) is 10.8. The Morgan fingerprint density at radius 2 is 1.63 bits per heavy atom. The second kappa shape index (κ2) is 12.6. The number of aliphatic carboxylic acids is 1. The van der Waals surface area contributed by atoms with Gasteiger partial charge in [-0.25, -0.2) is 0 Å². The van der Waals surface area contributed by atoms with Crippen molar-refractivity contribution in [3.05, 3.63) is 0 Å². The Balaban J connectivity index is 4.86. The maximum atomic E-state index is 12.4. The lowest BCUT2D eigenvalue weighted by molar-refractivity contribution is -0.138. The molecule has 0 aliphatic carbocycles. The van der Waals surface area contributed by atoms with Gasteiger partial charge in [-0.2, -0.15) is 0 Å². The lowest BCUT2D eigenvalue weighted by atomic mass is 10.1. The second-order valence-corrected chi connectivity index (χ2v) is 5.96. The molecular formula is C15H28N6O6. The van der Waals surface area contributed by atoms with Crippen LogP contribution in [0.5, 0.6) is 0 Å². The number of rotatable bonds is 13. The average Bonchev–Trinajstić information content (AvgIpc) is 2.57. The third-order valence-electron chi connectivity index (χ3n) is 3.50. The Kier molecular flexibility index (Phi) is 11.3. The average molecular weight is 388 g/mol. The number of nitrogens with two attached hydrogens (primary N) is 3. The first-order valence-electron chi connectivity index (χ1n) is 8.42. The molecule has 0 rings (SSSR count). The monoisotopic (exact) mass is 388 g/mol. The van der Waals surface area contributed by atoms with Crippen molar-refractivity contribution in [3.8, 4) is 0 Å². The number of carboxylic acid groups (broad SMARTS) is 1. The van der Waals surface area contributed by atoms with Gasteiger partial charge in [0.1, 0.15) is 18.6 Å². The van der Waals surface area contributed by atoms with E-state index in [1.54, 1.807) is 0 Å². The Morgan fingerprint density at radius 1 is 1.00 bits per heavy atom. The fraction of sp³-hybridized carbons (Fsp3) is 0.667. The van der Waals surface area contributed by atoms with E-state index in [1.807, 2.05) is 0 Å². The van der Waals surface area contributed by atoms with Crippen LogP contribution >= 0.6 is 0 Å². The molecule has 12 heteroatoms. The summed E-state index contributed by atoms with van der Waals surface area (Å²) in [5.41, 5.74) is 16.0. The molecular weight excluding hydrogens is 360 g/mol. The SMILES string of the molecule is CC(NC(=O)C(CCCCN)NC(=O)C(N)CC(N)=O)C(=O)NCC(=O)O. The summed E-state index contributed by atoms with van der Waals surface area (Å²) in [5.74, 6) is -4.06. The maximum absolute atomic E-state index is 12.4. The van der Waals surface area contributed by atoms with E-state index in [2.05, 4.69) is 16.0 Å². The van der Waals surface area contributed by atoms with Crippen LogP contribution in [0.15, 0.2) is 0 Å². The molecule has 0 saturated heterocycles. The maximum Gasteiger partial charge on any atom is 0.322 e. The molecule has 0 saturated carbocycles. The van der Waals surface area contributed by atoms with Gasteiger partial charge in [-0.15, -0.1) is 0 Å². The predicted octanol–water partition coefficient (Wildman–Crippen LogP) is -3.49. The van der Waals surface area contributed by atoms with E-state index >= 15 is 0 Å². The Hall–Kier alpha value is -2.73. The Bertz CT molecular complexity index is 555. The van der Waals surface area contributed by atoms with Crippen molar-refractivity contribution in [1.82, 2.24) is 16.0 Å². The zero-order valence-corrected chi connectivity index (χ0v) is 15.2. The van der Waals surface area contributed by atoms with Gasteiger partial charge >= 0.3 is 5.97 Å². The Labute approximate surface area is 156 Å². The number of carbonyl (C=O) groups excluding carboxylic acids is 4. The highest BCUT2D eigenvalue weighted by Gasteiger charge is 2.26. The predicted molar refractivity (Wildman–Crippen MR) is 94.9 cm³/mol. The summed E-state index contributed by atoms with van der Waals surface area (Å²) in [7, 11) is 0. The summed E-state index contributed by atoms with van der Waals surface area (Å²) in [6.07, 6.45) is 1.000. The van der Waals surface area contributed by atoms with Gasteiger partial charge < -0.3 is 38.3 Å². The van der Waals surface area contributed by atoms with E-state index < -0.39 is 54.3 Å². The van der Waals surface area contributed by atoms with Crippen LogP contribution in [-0.4, -0.2) is 65.9 Å². The molecule has 0 aliphatic rings. The van der Waals surface area contributed by atoms with Crippen LogP contribution < -0.4 is 33.2 Å². The van der Waals surface area contributed by atoms with Crippen molar-refractivity contribution < 1.29 is 29.1 Å². The van der Waals surface area contributed by atoms with Gasteiger partial charge in [0.25, 0.3) is 0 Å². The summed E-state index contributed by atoms with van der Waals surface area (Å²) < 4.78 is 0. The van der Waals surface area contributed by atoms with E-state index in [1.165, 1.54) is 6.92 Å². The largest absolute Gasteiger partial charge is 0.480 e. The van der Waals surface area contributed by atoms with Crippen LogP contribution in [-0.2, 0) is 24.0 Å². The van der Waals surface area contributed by atoms with Crippen molar-refractivity contribution in [2.45, 2.75) is 50.7 Å². The fourth-order valence-corrected chi connectivity index (χ4v) is 2.05. The number of unbranched alkanes of at least 4 members (excludes halogenated alkanes) is 1. The third-order valence-corrected chi connectivity index (χ3v) is 3.50. The van der Waals surface area contributed by atoms with Gasteiger partial charge in [0.2, 0.25) is 23.6 Å². The Morgan fingerprint density at radius 3 is 2.15 bits per heavy atom. The van der Waals surface area contributed by atoms with Crippen LogP contribution in [0.4, 0.5) is 0 Å². The molecule has 0 spiro atoms. The van der Waals surface area contributed by atoms with E-state index in [4.69, 9.17) is 22.3 Å². The number of carboxylic acids is 1. The standard InChI is InChI=1S/C15H28N6O6/c1-8(13(25)19-7-12(23)24)20-15(27)10(4-2-3-5-16)21-14(26)9(17)6-11(18)22/h8-10H,2-7,16-17H2,1H3,(H2,18,22)(H,19,25)(H,20,27)(H,21,26)(H,23,24). The van der Waals surface area contributed by atoms with Crippen molar-refractivity contribution in [2.24, 2.45) is 17.2 Å². The fourth-order valence-electron chi connectivity index (χ4n) is 2.05.